The van der Waals surface area contributed by atoms with Crippen LogP contribution in [-0.2, 0) is 0 Å². The van der Waals surface area contributed by atoms with Gasteiger partial charge in [0.15, 0.2) is 0 Å². The van der Waals surface area contributed by atoms with Gasteiger partial charge in [-0.2, -0.15) is 0 Å². The molecule has 2 unspecified atom stereocenters. The summed E-state index contributed by atoms with van der Waals surface area (Å²) in [5.74, 6) is 2.16. The second kappa shape index (κ2) is 5.64. The van der Waals surface area contributed by atoms with Gasteiger partial charge in [-0.3, -0.25) is 0 Å². The smallest absolute Gasteiger partial charge is 0.000926 e. The maximum Gasteiger partial charge on any atom is 0.000926 e. The first-order chi connectivity index (χ1) is 6.36. The van der Waals surface area contributed by atoms with Gasteiger partial charge in [0, 0.05) is 6.54 Å². The molecular weight excluding hydrogens is 158 g/mol. The quantitative estimate of drug-likeness (QED) is 0.557. The fourth-order valence-corrected chi connectivity index (χ4v) is 2.78. The summed E-state index contributed by atoms with van der Waals surface area (Å²) in [5.41, 5.74) is 0. The fraction of sp³-hybridized carbons (Fsp3) is 1.00. The van der Waals surface area contributed by atoms with Crippen LogP contribution in [0.1, 0.15) is 46.0 Å². The number of hydrogen-bond acceptors (Lipinski definition) is 1. The van der Waals surface area contributed by atoms with Gasteiger partial charge in [0.05, 0.1) is 0 Å². The fourth-order valence-electron chi connectivity index (χ4n) is 2.78. The van der Waals surface area contributed by atoms with Gasteiger partial charge in [0.2, 0.25) is 0 Å². The standard InChI is InChI=1S/C10H19N.C2H6/c1-11-7-6-9-4-2-3-5-10(9)8-11;1-2/h9-10H,2-8H2,1H3;1-2H3. The van der Waals surface area contributed by atoms with E-state index < -0.39 is 0 Å². The second-order valence-corrected chi connectivity index (χ2v) is 4.36. The Morgan fingerprint density at radius 2 is 1.54 bits per heavy atom. The Morgan fingerprint density at radius 3 is 2.23 bits per heavy atom. The Labute approximate surface area is 83.5 Å². The van der Waals surface area contributed by atoms with Crippen molar-refractivity contribution in [1.82, 2.24) is 4.90 Å². The highest BCUT2D eigenvalue weighted by Crippen LogP contribution is 2.35. The zero-order valence-electron chi connectivity index (χ0n) is 9.55. The molecule has 0 aromatic rings. The van der Waals surface area contributed by atoms with Crippen LogP contribution in [0.5, 0.6) is 0 Å². The van der Waals surface area contributed by atoms with E-state index in [9.17, 15) is 0 Å². The summed E-state index contributed by atoms with van der Waals surface area (Å²) in [5, 5.41) is 0. The summed E-state index contributed by atoms with van der Waals surface area (Å²) in [7, 11) is 2.27. The summed E-state index contributed by atoms with van der Waals surface area (Å²) in [6, 6.07) is 0. The number of likely N-dealkylation sites (tertiary alicyclic amines) is 1. The van der Waals surface area contributed by atoms with E-state index in [1.54, 1.807) is 0 Å². The molecule has 1 heteroatoms. The van der Waals surface area contributed by atoms with Crippen molar-refractivity contribution in [3.8, 4) is 0 Å². The van der Waals surface area contributed by atoms with Crippen molar-refractivity contribution in [1.29, 1.82) is 0 Å². The van der Waals surface area contributed by atoms with Crippen LogP contribution in [-0.4, -0.2) is 25.0 Å². The van der Waals surface area contributed by atoms with Crippen molar-refractivity contribution < 1.29 is 0 Å². The van der Waals surface area contributed by atoms with Crippen LogP contribution >= 0.6 is 0 Å². The molecule has 78 valence electrons. The zero-order chi connectivity index (χ0) is 9.68. The average molecular weight is 183 g/mol. The van der Waals surface area contributed by atoms with E-state index in [2.05, 4.69) is 11.9 Å². The van der Waals surface area contributed by atoms with E-state index in [1.807, 2.05) is 13.8 Å². The Balaban J connectivity index is 0.000000396. The van der Waals surface area contributed by atoms with Crippen LogP contribution in [0.3, 0.4) is 0 Å². The normalized spacial score (nSPS) is 34.4. The van der Waals surface area contributed by atoms with Crippen LogP contribution in [0.4, 0.5) is 0 Å². The monoisotopic (exact) mass is 183 g/mol. The van der Waals surface area contributed by atoms with E-state index >= 15 is 0 Å². The van der Waals surface area contributed by atoms with Gasteiger partial charge in [0.1, 0.15) is 0 Å². The minimum absolute atomic E-state index is 1.06. The molecule has 1 saturated carbocycles. The van der Waals surface area contributed by atoms with Gasteiger partial charge < -0.3 is 4.90 Å². The summed E-state index contributed by atoms with van der Waals surface area (Å²) < 4.78 is 0. The highest BCUT2D eigenvalue weighted by atomic mass is 15.1. The van der Waals surface area contributed by atoms with Gasteiger partial charge in [-0.15, -0.1) is 0 Å². The van der Waals surface area contributed by atoms with E-state index in [1.165, 1.54) is 45.2 Å². The molecule has 0 aromatic carbocycles. The largest absolute Gasteiger partial charge is 0.306 e. The first-order valence-electron chi connectivity index (χ1n) is 6.05. The van der Waals surface area contributed by atoms with E-state index in [-0.39, 0.29) is 0 Å². The van der Waals surface area contributed by atoms with Crippen LogP contribution in [0, 0.1) is 11.8 Å². The molecule has 0 bridgehead atoms. The third kappa shape index (κ3) is 2.98. The summed E-state index contributed by atoms with van der Waals surface area (Å²) >= 11 is 0. The minimum atomic E-state index is 1.06. The summed E-state index contributed by atoms with van der Waals surface area (Å²) in [6.45, 7) is 6.73. The predicted molar refractivity (Wildman–Crippen MR) is 58.9 cm³/mol. The van der Waals surface area contributed by atoms with Crippen molar-refractivity contribution in [2.24, 2.45) is 11.8 Å². The number of nitrogens with zero attached hydrogens (tertiary/aromatic N) is 1. The van der Waals surface area contributed by atoms with Gasteiger partial charge in [-0.25, -0.2) is 0 Å². The second-order valence-electron chi connectivity index (χ2n) is 4.36. The van der Waals surface area contributed by atoms with Crippen molar-refractivity contribution in [3.05, 3.63) is 0 Å². The molecule has 0 aromatic heterocycles. The molecule has 2 fully saturated rings. The molecule has 1 nitrogen and oxygen atoms in total. The Hall–Kier alpha value is -0.0400. The molecule has 1 aliphatic heterocycles. The SMILES string of the molecule is CC.CN1CCC2CCCCC2C1. The predicted octanol–water partition coefficient (Wildman–Crippen LogP) is 3.15. The topological polar surface area (TPSA) is 3.24 Å². The number of rotatable bonds is 0. The first kappa shape index (κ1) is 11.0. The highest BCUT2D eigenvalue weighted by Gasteiger charge is 2.29. The van der Waals surface area contributed by atoms with Crippen LogP contribution in [0.15, 0.2) is 0 Å². The molecule has 1 saturated heterocycles. The minimum Gasteiger partial charge on any atom is -0.306 e. The highest BCUT2D eigenvalue weighted by molar-refractivity contribution is 4.81. The molecule has 0 amide bonds. The molecule has 0 radical (unpaired) electrons. The molecule has 2 rings (SSSR count). The van der Waals surface area contributed by atoms with Crippen LogP contribution < -0.4 is 0 Å². The molecule has 0 N–H and O–H groups in total. The number of piperidine rings is 1. The lowest BCUT2D eigenvalue weighted by atomic mass is 9.75. The third-order valence-electron chi connectivity index (χ3n) is 3.49. The molecule has 13 heavy (non-hydrogen) atoms. The van der Waals surface area contributed by atoms with Crippen LogP contribution in [0.2, 0.25) is 0 Å². The van der Waals surface area contributed by atoms with E-state index in [0.717, 1.165) is 11.8 Å². The number of hydrogen-bond donors (Lipinski definition) is 0. The van der Waals surface area contributed by atoms with Gasteiger partial charge >= 0.3 is 0 Å². The molecule has 2 atom stereocenters. The van der Waals surface area contributed by atoms with Gasteiger partial charge in [-0.05, 0) is 38.3 Å². The first-order valence-corrected chi connectivity index (χ1v) is 6.05. The lowest BCUT2D eigenvalue weighted by Crippen LogP contribution is -2.39. The summed E-state index contributed by atoms with van der Waals surface area (Å²) in [4.78, 5) is 2.51. The Morgan fingerprint density at radius 1 is 0.923 bits per heavy atom. The Kier molecular flexibility index (Phi) is 4.79. The van der Waals surface area contributed by atoms with E-state index in [4.69, 9.17) is 0 Å². The number of fused-ring (bicyclic) bond motifs is 1. The lowest BCUT2D eigenvalue weighted by molar-refractivity contribution is 0.105. The maximum atomic E-state index is 2.51. The maximum absolute atomic E-state index is 2.51. The van der Waals surface area contributed by atoms with Crippen LogP contribution in [0.25, 0.3) is 0 Å². The molecular formula is C12H25N. The summed E-state index contributed by atoms with van der Waals surface area (Å²) in [6.07, 6.45) is 7.51. The van der Waals surface area contributed by atoms with Crippen molar-refractivity contribution in [2.75, 3.05) is 20.1 Å². The molecule has 2 aliphatic rings. The molecule has 0 spiro atoms. The van der Waals surface area contributed by atoms with Crippen molar-refractivity contribution in [2.45, 2.75) is 46.0 Å². The lowest BCUT2D eigenvalue weighted by Gasteiger charge is -2.39. The molecule has 1 heterocycles. The van der Waals surface area contributed by atoms with Gasteiger partial charge in [0.25, 0.3) is 0 Å². The van der Waals surface area contributed by atoms with Gasteiger partial charge in [-0.1, -0.05) is 33.1 Å². The van der Waals surface area contributed by atoms with E-state index in [0.29, 0.717) is 0 Å². The Bertz CT molecular complexity index is 133. The third-order valence-corrected chi connectivity index (χ3v) is 3.49. The van der Waals surface area contributed by atoms with Crippen molar-refractivity contribution >= 4 is 0 Å². The average Bonchev–Trinajstić information content (AvgIpc) is 2.21. The molecule has 1 aliphatic carbocycles. The zero-order valence-corrected chi connectivity index (χ0v) is 9.55. The van der Waals surface area contributed by atoms with Crippen molar-refractivity contribution in [3.63, 3.8) is 0 Å².